The summed E-state index contributed by atoms with van der Waals surface area (Å²) in [6.45, 7) is 6.50. The van der Waals surface area contributed by atoms with Crippen LogP contribution in [0.4, 0.5) is 0 Å². The number of hydrogen-bond acceptors (Lipinski definition) is 3. The van der Waals surface area contributed by atoms with Crippen molar-refractivity contribution >= 4 is 0 Å². The second kappa shape index (κ2) is 8.05. The number of phenolic OH excluding ortho intramolecular Hbond substituents is 1. The molecule has 2 atom stereocenters. The van der Waals surface area contributed by atoms with E-state index in [1.165, 1.54) is 25.7 Å². The Bertz CT molecular complexity index is 379. The predicted octanol–water partition coefficient (Wildman–Crippen LogP) is 4.02. The second-order valence-corrected chi connectivity index (χ2v) is 5.21. The van der Waals surface area contributed by atoms with Crippen LogP contribution in [0.2, 0.25) is 0 Å². The number of aromatic hydroxyl groups is 1. The van der Waals surface area contributed by atoms with Crippen LogP contribution in [-0.4, -0.2) is 18.3 Å². The van der Waals surface area contributed by atoms with Gasteiger partial charge in [0.05, 0.1) is 7.11 Å². The first kappa shape index (κ1) is 15.8. The summed E-state index contributed by atoms with van der Waals surface area (Å²) >= 11 is 0. The maximum atomic E-state index is 10.00. The molecule has 1 aromatic carbocycles. The second-order valence-electron chi connectivity index (χ2n) is 5.21. The summed E-state index contributed by atoms with van der Waals surface area (Å²) in [5, 5.41) is 13.5. The largest absolute Gasteiger partial charge is 0.507 e. The summed E-state index contributed by atoms with van der Waals surface area (Å²) in [7, 11) is 1.60. The van der Waals surface area contributed by atoms with Gasteiger partial charge in [-0.2, -0.15) is 0 Å². The molecule has 0 heterocycles. The quantitative estimate of drug-likeness (QED) is 0.698. The number of hydrogen-bond donors (Lipinski definition) is 2. The zero-order valence-corrected chi connectivity index (χ0v) is 12.6. The molecule has 108 valence electrons. The summed E-state index contributed by atoms with van der Waals surface area (Å²) < 4.78 is 5.10. The van der Waals surface area contributed by atoms with E-state index < -0.39 is 0 Å². The third kappa shape index (κ3) is 5.11. The number of nitrogens with one attached hydrogen (secondary N) is 1. The molecule has 2 unspecified atom stereocenters. The minimum Gasteiger partial charge on any atom is -0.507 e. The highest BCUT2D eigenvalue weighted by Gasteiger charge is 2.13. The Morgan fingerprint density at radius 3 is 2.58 bits per heavy atom. The van der Waals surface area contributed by atoms with Crippen molar-refractivity contribution in [1.29, 1.82) is 0 Å². The molecule has 0 aromatic heterocycles. The first-order valence-corrected chi connectivity index (χ1v) is 7.21. The van der Waals surface area contributed by atoms with Crippen molar-refractivity contribution in [3.8, 4) is 11.5 Å². The van der Waals surface area contributed by atoms with Crippen molar-refractivity contribution in [3.05, 3.63) is 23.8 Å². The number of methoxy groups -OCH3 is 1. The van der Waals surface area contributed by atoms with E-state index >= 15 is 0 Å². The van der Waals surface area contributed by atoms with Crippen LogP contribution in [0.25, 0.3) is 0 Å². The minimum absolute atomic E-state index is 0.141. The molecule has 3 nitrogen and oxygen atoms in total. The number of benzene rings is 1. The van der Waals surface area contributed by atoms with Crippen LogP contribution in [0, 0.1) is 0 Å². The van der Waals surface area contributed by atoms with E-state index in [0.717, 1.165) is 5.56 Å². The van der Waals surface area contributed by atoms with Gasteiger partial charge in [0.2, 0.25) is 0 Å². The highest BCUT2D eigenvalue weighted by molar-refractivity contribution is 5.41. The summed E-state index contributed by atoms with van der Waals surface area (Å²) in [4.78, 5) is 0. The lowest BCUT2D eigenvalue weighted by Gasteiger charge is -2.21. The van der Waals surface area contributed by atoms with Gasteiger partial charge < -0.3 is 15.2 Å². The molecule has 0 aliphatic carbocycles. The molecule has 3 heteroatoms. The zero-order valence-electron chi connectivity index (χ0n) is 12.6. The van der Waals surface area contributed by atoms with Crippen LogP contribution >= 0.6 is 0 Å². The molecule has 0 aliphatic rings. The van der Waals surface area contributed by atoms with Gasteiger partial charge in [-0.1, -0.05) is 32.3 Å². The highest BCUT2D eigenvalue weighted by atomic mass is 16.5. The maximum absolute atomic E-state index is 10.00. The first-order chi connectivity index (χ1) is 9.08. The minimum atomic E-state index is 0.141. The van der Waals surface area contributed by atoms with Crippen LogP contribution in [0.15, 0.2) is 18.2 Å². The lowest BCUT2D eigenvalue weighted by atomic mass is 10.0. The molecule has 19 heavy (non-hydrogen) atoms. The topological polar surface area (TPSA) is 41.5 Å². The SMILES string of the molecule is CCCCCC(C)NC(C)c1ccc(OC)cc1O. The van der Waals surface area contributed by atoms with Crippen molar-refractivity contribution in [1.82, 2.24) is 5.32 Å². The van der Waals surface area contributed by atoms with E-state index in [-0.39, 0.29) is 6.04 Å². The Morgan fingerprint density at radius 1 is 1.26 bits per heavy atom. The zero-order chi connectivity index (χ0) is 14.3. The normalized spacial score (nSPS) is 14.1. The Balaban J connectivity index is 2.55. The molecule has 0 amide bonds. The molecule has 1 rings (SSSR count). The molecule has 0 saturated heterocycles. The van der Waals surface area contributed by atoms with Crippen LogP contribution in [0.3, 0.4) is 0 Å². The fourth-order valence-electron chi connectivity index (χ4n) is 2.32. The molecule has 0 fully saturated rings. The van der Waals surface area contributed by atoms with Gasteiger partial charge in [-0.05, 0) is 26.3 Å². The fourth-order valence-corrected chi connectivity index (χ4v) is 2.32. The summed E-state index contributed by atoms with van der Waals surface area (Å²) in [5.74, 6) is 0.976. The standard InChI is InChI=1S/C16H27NO2/c1-5-6-7-8-12(2)17-13(3)15-10-9-14(19-4)11-16(15)18/h9-13,17-18H,5-8H2,1-4H3. The predicted molar refractivity (Wildman–Crippen MR) is 79.8 cm³/mol. The number of unbranched alkanes of at least 4 members (excludes halogenated alkanes) is 2. The summed E-state index contributed by atoms with van der Waals surface area (Å²) in [6, 6.07) is 6.07. The van der Waals surface area contributed by atoms with Gasteiger partial charge in [0.25, 0.3) is 0 Å². The molecule has 0 radical (unpaired) electrons. The number of ether oxygens (including phenoxy) is 1. The van der Waals surface area contributed by atoms with E-state index in [2.05, 4.69) is 26.1 Å². The van der Waals surface area contributed by atoms with Crippen LogP contribution < -0.4 is 10.1 Å². The Kier molecular flexibility index (Phi) is 6.71. The van der Waals surface area contributed by atoms with Gasteiger partial charge in [0.1, 0.15) is 11.5 Å². The van der Waals surface area contributed by atoms with Crippen molar-refractivity contribution in [3.63, 3.8) is 0 Å². The van der Waals surface area contributed by atoms with E-state index in [1.807, 2.05) is 12.1 Å². The monoisotopic (exact) mass is 265 g/mol. The van der Waals surface area contributed by atoms with Gasteiger partial charge in [-0.25, -0.2) is 0 Å². The van der Waals surface area contributed by atoms with Gasteiger partial charge in [0.15, 0.2) is 0 Å². The van der Waals surface area contributed by atoms with Crippen molar-refractivity contribution in [2.75, 3.05) is 7.11 Å². The van der Waals surface area contributed by atoms with Crippen LogP contribution in [0.1, 0.15) is 58.1 Å². The molecule has 0 bridgehead atoms. The number of phenols is 1. The molecule has 0 aliphatic heterocycles. The fraction of sp³-hybridized carbons (Fsp3) is 0.625. The van der Waals surface area contributed by atoms with E-state index in [9.17, 15) is 5.11 Å². The van der Waals surface area contributed by atoms with Gasteiger partial charge in [0, 0.05) is 23.7 Å². The smallest absolute Gasteiger partial charge is 0.124 e. The Hall–Kier alpha value is -1.22. The van der Waals surface area contributed by atoms with Crippen LogP contribution in [-0.2, 0) is 0 Å². The highest BCUT2D eigenvalue weighted by Crippen LogP contribution is 2.28. The third-order valence-electron chi connectivity index (χ3n) is 3.48. The molecule has 0 saturated carbocycles. The van der Waals surface area contributed by atoms with Crippen molar-refractivity contribution in [2.24, 2.45) is 0 Å². The summed E-state index contributed by atoms with van der Waals surface area (Å²) in [6.07, 6.45) is 4.97. The number of rotatable bonds is 8. The average molecular weight is 265 g/mol. The molecular weight excluding hydrogens is 238 g/mol. The van der Waals surface area contributed by atoms with E-state index in [4.69, 9.17) is 4.74 Å². The third-order valence-corrected chi connectivity index (χ3v) is 3.48. The molecular formula is C16H27NO2. The van der Waals surface area contributed by atoms with Gasteiger partial charge >= 0.3 is 0 Å². The van der Waals surface area contributed by atoms with Crippen molar-refractivity contribution in [2.45, 2.75) is 58.5 Å². The average Bonchev–Trinajstić information content (AvgIpc) is 2.38. The maximum Gasteiger partial charge on any atom is 0.124 e. The first-order valence-electron chi connectivity index (χ1n) is 7.21. The molecule has 2 N–H and O–H groups in total. The van der Waals surface area contributed by atoms with Crippen LogP contribution in [0.5, 0.6) is 11.5 Å². The summed E-state index contributed by atoms with van der Waals surface area (Å²) in [5.41, 5.74) is 0.920. The lowest BCUT2D eigenvalue weighted by Crippen LogP contribution is -2.28. The Labute approximate surface area is 117 Å². The lowest BCUT2D eigenvalue weighted by molar-refractivity contribution is 0.398. The van der Waals surface area contributed by atoms with Gasteiger partial charge in [-0.15, -0.1) is 0 Å². The van der Waals surface area contributed by atoms with Crippen molar-refractivity contribution < 1.29 is 9.84 Å². The van der Waals surface area contributed by atoms with Gasteiger partial charge in [-0.3, -0.25) is 0 Å². The van der Waals surface area contributed by atoms with E-state index in [0.29, 0.717) is 17.5 Å². The Morgan fingerprint density at radius 2 is 2.00 bits per heavy atom. The molecule has 1 aromatic rings. The van der Waals surface area contributed by atoms with E-state index in [1.54, 1.807) is 13.2 Å². The molecule has 0 spiro atoms.